The molecule has 4 heteroatoms. The third-order valence-electron chi connectivity index (χ3n) is 6.40. The van der Waals surface area contributed by atoms with E-state index >= 15 is 0 Å². The van der Waals surface area contributed by atoms with Crippen LogP contribution in [-0.4, -0.2) is 17.9 Å². The number of carbonyl (C=O) groups excluding carboxylic acids is 1. The van der Waals surface area contributed by atoms with Crippen molar-refractivity contribution >= 4 is 17.5 Å². The van der Waals surface area contributed by atoms with Gasteiger partial charge in [0.2, 0.25) is 0 Å². The van der Waals surface area contributed by atoms with Gasteiger partial charge in [-0.25, -0.2) is 0 Å². The van der Waals surface area contributed by atoms with Crippen molar-refractivity contribution in [3.63, 3.8) is 0 Å². The molecule has 0 N–H and O–H groups in total. The molecule has 3 aromatic rings. The highest BCUT2D eigenvalue weighted by atomic mass is 16.1. The molecule has 0 saturated carbocycles. The number of rotatable bonds is 3. The molecule has 2 heterocycles. The van der Waals surface area contributed by atoms with Gasteiger partial charge in [0.15, 0.2) is 11.2 Å². The van der Waals surface area contributed by atoms with Crippen LogP contribution in [0.4, 0.5) is 5.69 Å². The molecule has 4 nitrogen and oxygen atoms in total. The van der Waals surface area contributed by atoms with Gasteiger partial charge in [0, 0.05) is 17.2 Å². The summed E-state index contributed by atoms with van der Waals surface area (Å²) in [6, 6.07) is 29.9. The van der Waals surface area contributed by atoms with E-state index in [0.717, 1.165) is 16.8 Å². The molecule has 3 aromatic carbocycles. The molecule has 2 aliphatic heterocycles. The molecule has 0 aromatic heterocycles. The second-order valence-electron chi connectivity index (χ2n) is 7.93. The lowest BCUT2D eigenvalue weighted by atomic mass is 9.69. The van der Waals surface area contributed by atoms with Crippen LogP contribution < -0.4 is 4.90 Å². The second-order valence-corrected chi connectivity index (χ2v) is 7.93. The summed E-state index contributed by atoms with van der Waals surface area (Å²) in [6.07, 6.45) is 3.86. The maximum atomic E-state index is 13.9. The van der Waals surface area contributed by atoms with Crippen molar-refractivity contribution in [2.45, 2.75) is 18.0 Å². The molecular weight excluding hydrogens is 382 g/mol. The number of nitriles is 2. The number of benzene rings is 3. The minimum atomic E-state index is -1.40. The van der Waals surface area contributed by atoms with Gasteiger partial charge in [-0.05, 0) is 17.2 Å². The lowest BCUT2D eigenvalue weighted by Crippen LogP contribution is -2.44. The van der Waals surface area contributed by atoms with Crippen LogP contribution in [0.25, 0.3) is 6.08 Å². The van der Waals surface area contributed by atoms with E-state index < -0.39 is 23.4 Å². The maximum absolute atomic E-state index is 13.9. The van der Waals surface area contributed by atoms with Crippen molar-refractivity contribution in [1.82, 2.24) is 0 Å². The average Bonchev–Trinajstić information content (AvgIpc) is 3.15. The normalized spacial score (nSPS) is 22.6. The highest BCUT2D eigenvalue weighted by Gasteiger charge is 2.63. The predicted octanol–water partition coefficient (Wildman–Crippen LogP) is 4.97. The summed E-state index contributed by atoms with van der Waals surface area (Å²) >= 11 is 0. The summed E-state index contributed by atoms with van der Waals surface area (Å²) < 4.78 is 0. The molecule has 5 rings (SSSR count). The molecule has 2 aliphatic rings. The largest absolute Gasteiger partial charge is 0.351 e. The third kappa shape index (κ3) is 2.70. The number of para-hydroxylation sites is 1. The Kier molecular flexibility index (Phi) is 4.42. The van der Waals surface area contributed by atoms with Crippen LogP contribution in [0.3, 0.4) is 0 Å². The summed E-state index contributed by atoms with van der Waals surface area (Å²) in [4.78, 5) is 15.9. The lowest BCUT2D eigenvalue weighted by Gasteiger charge is -2.35. The van der Waals surface area contributed by atoms with E-state index in [1.807, 2.05) is 89.8 Å². The number of anilines is 1. The first-order chi connectivity index (χ1) is 15.2. The first kappa shape index (κ1) is 18.9. The molecule has 0 spiro atoms. The standard InChI is InChI=1S/C27H19N3O/c28-17-27(18-29)23-16-15-19-9-7-8-14-22(19)30(23)25(24(27)20-10-3-1-4-11-20)26(31)21-12-5-2-6-13-21/h1-16,23-25H/t23-,24+,25+/m0/s1. The van der Waals surface area contributed by atoms with Crippen molar-refractivity contribution in [3.8, 4) is 12.1 Å². The Hall–Kier alpha value is -4.15. The van der Waals surface area contributed by atoms with Gasteiger partial charge < -0.3 is 4.90 Å². The van der Waals surface area contributed by atoms with Gasteiger partial charge in [-0.15, -0.1) is 0 Å². The fourth-order valence-corrected chi connectivity index (χ4v) is 5.04. The summed E-state index contributed by atoms with van der Waals surface area (Å²) in [7, 11) is 0. The van der Waals surface area contributed by atoms with E-state index in [1.165, 1.54) is 0 Å². The van der Waals surface area contributed by atoms with Gasteiger partial charge >= 0.3 is 0 Å². The van der Waals surface area contributed by atoms with E-state index in [2.05, 4.69) is 12.1 Å². The van der Waals surface area contributed by atoms with Crippen LogP contribution in [0.1, 0.15) is 27.4 Å². The molecule has 0 unspecified atom stereocenters. The van der Waals surface area contributed by atoms with E-state index in [4.69, 9.17) is 0 Å². The number of hydrogen-bond acceptors (Lipinski definition) is 4. The zero-order valence-electron chi connectivity index (χ0n) is 16.7. The lowest BCUT2D eigenvalue weighted by molar-refractivity contribution is 0.0951. The molecule has 1 saturated heterocycles. The van der Waals surface area contributed by atoms with Gasteiger partial charge in [0.25, 0.3) is 0 Å². The fraction of sp³-hybridized carbons (Fsp3) is 0.148. The fourth-order valence-electron chi connectivity index (χ4n) is 5.04. The Morgan fingerprint density at radius 2 is 1.45 bits per heavy atom. The van der Waals surface area contributed by atoms with Crippen LogP contribution in [0, 0.1) is 28.1 Å². The molecule has 0 aliphatic carbocycles. The summed E-state index contributed by atoms with van der Waals surface area (Å²) in [5.74, 6) is -0.686. The van der Waals surface area contributed by atoms with Crippen molar-refractivity contribution in [2.75, 3.05) is 4.90 Å². The minimum absolute atomic E-state index is 0.0862. The smallest absolute Gasteiger partial charge is 0.185 e. The molecule has 0 bridgehead atoms. The summed E-state index contributed by atoms with van der Waals surface area (Å²) in [6.45, 7) is 0. The summed E-state index contributed by atoms with van der Waals surface area (Å²) in [5, 5.41) is 20.7. The number of fused-ring (bicyclic) bond motifs is 3. The monoisotopic (exact) mass is 401 g/mol. The molecule has 0 amide bonds. The average molecular weight is 401 g/mol. The van der Waals surface area contributed by atoms with E-state index in [9.17, 15) is 15.3 Å². The van der Waals surface area contributed by atoms with E-state index in [1.54, 1.807) is 12.1 Å². The van der Waals surface area contributed by atoms with Crippen molar-refractivity contribution < 1.29 is 4.79 Å². The third-order valence-corrected chi connectivity index (χ3v) is 6.40. The zero-order valence-corrected chi connectivity index (χ0v) is 16.7. The van der Waals surface area contributed by atoms with Crippen molar-refractivity contribution in [3.05, 3.63) is 108 Å². The first-order valence-electron chi connectivity index (χ1n) is 10.2. The first-order valence-corrected chi connectivity index (χ1v) is 10.2. The molecule has 1 fully saturated rings. The van der Waals surface area contributed by atoms with Crippen LogP contribution in [-0.2, 0) is 0 Å². The molecule has 0 radical (unpaired) electrons. The van der Waals surface area contributed by atoms with Crippen molar-refractivity contribution in [2.24, 2.45) is 5.41 Å². The Bertz CT molecular complexity index is 1240. The number of nitrogens with zero attached hydrogens (tertiary/aromatic N) is 3. The molecular formula is C27H19N3O. The Morgan fingerprint density at radius 1 is 0.839 bits per heavy atom. The van der Waals surface area contributed by atoms with E-state index in [0.29, 0.717) is 5.56 Å². The van der Waals surface area contributed by atoms with Crippen LogP contribution in [0.15, 0.2) is 91.0 Å². The topological polar surface area (TPSA) is 67.9 Å². The molecule has 31 heavy (non-hydrogen) atoms. The van der Waals surface area contributed by atoms with Crippen LogP contribution >= 0.6 is 0 Å². The Labute approximate surface area is 181 Å². The number of ketones is 1. The second kappa shape index (κ2) is 7.27. The van der Waals surface area contributed by atoms with Gasteiger partial charge in [0.1, 0.15) is 6.04 Å². The number of hydrogen-bond donors (Lipinski definition) is 0. The summed E-state index contributed by atoms with van der Waals surface area (Å²) in [5.41, 5.74) is 1.84. The van der Waals surface area contributed by atoms with Gasteiger partial charge in [0.05, 0.1) is 18.2 Å². The quantitative estimate of drug-likeness (QED) is 0.581. The highest BCUT2D eigenvalue weighted by Crippen LogP contribution is 2.55. The Morgan fingerprint density at radius 3 is 2.13 bits per heavy atom. The number of carbonyl (C=O) groups is 1. The maximum Gasteiger partial charge on any atom is 0.185 e. The van der Waals surface area contributed by atoms with Crippen LogP contribution in [0.2, 0.25) is 0 Å². The highest BCUT2D eigenvalue weighted by molar-refractivity contribution is 6.04. The van der Waals surface area contributed by atoms with Gasteiger partial charge in [-0.3, -0.25) is 4.79 Å². The number of Topliss-reactive ketones (excluding diaryl/α,β-unsaturated/α-hetero) is 1. The predicted molar refractivity (Wildman–Crippen MR) is 119 cm³/mol. The van der Waals surface area contributed by atoms with Crippen molar-refractivity contribution in [1.29, 1.82) is 10.5 Å². The molecule has 3 atom stereocenters. The minimum Gasteiger partial charge on any atom is -0.351 e. The van der Waals surface area contributed by atoms with Gasteiger partial charge in [-0.1, -0.05) is 91.0 Å². The zero-order chi connectivity index (χ0) is 21.4. The SMILES string of the molecule is N#CC1(C#N)[C@H](c2ccccc2)[C@H](C(=O)c2ccccc2)N2c3ccccc3C=C[C@H]21. The molecule has 148 valence electrons. The van der Waals surface area contributed by atoms with Gasteiger partial charge in [-0.2, -0.15) is 10.5 Å². The Balaban J connectivity index is 1.79. The van der Waals surface area contributed by atoms with E-state index in [-0.39, 0.29) is 5.78 Å². The van der Waals surface area contributed by atoms with Crippen LogP contribution in [0.5, 0.6) is 0 Å².